The fourth-order valence-corrected chi connectivity index (χ4v) is 3.71. The number of rotatable bonds is 13. The molecule has 0 aromatic carbocycles. The Morgan fingerprint density at radius 2 is 1.25 bits per heavy atom. The third-order valence-electron chi connectivity index (χ3n) is 5.44. The molecule has 0 unspecified atom stereocenters. The van der Waals surface area contributed by atoms with E-state index in [2.05, 4.69) is 48.3 Å². The fourth-order valence-electron chi connectivity index (χ4n) is 3.71. The molecule has 14 nitrogen and oxygen atoms in total. The Morgan fingerprint density at radius 1 is 0.833 bits per heavy atom. The molecule has 0 aliphatic rings. The van der Waals surface area contributed by atoms with Gasteiger partial charge >= 0.3 is 12.1 Å². The number of urea groups is 2. The van der Waals surface area contributed by atoms with Crippen molar-refractivity contribution in [1.29, 1.82) is 0 Å². The predicted molar refractivity (Wildman–Crippen MR) is 137 cm³/mol. The number of amides is 4. The number of quaternary nitrogens is 1. The second-order valence-electron chi connectivity index (χ2n) is 8.90. The molecule has 8 N–H and O–H groups in total. The molecular formula is C22H37N10O4+. The van der Waals surface area contributed by atoms with Crippen molar-refractivity contribution >= 4 is 24.0 Å². The summed E-state index contributed by atoms with van der Waals surface area (Å²) < 4.78 is 0.739. The molecule has 2 aromatic rings. The summed E-state index contributed by atoms with van der Waals surface area (Å²) in [6, 6.07) is 1.79. The van der Waals surface area contributed by atoms with E-state index in [4.69, 9.17) is 5.73 Å². The molecule has 4 amide bonds. The van der Waals surface area contributed by atoms with Crippen LogP contribution < -0.4 is 38.1 Å². The van der Waals surface area contributed by atoms with E-state index in [1.54, 1.807) is 13.8 Å². The SMILES string of the molecule is Cc1cc(=O)nc(NC(=O)NCCC[N+](C)(CCCN)CCCNC(=O)Nc2nc(=O)cc(C)[nH]2)[nH]1. The number of nitrogens with one attached hydrogen (secondary N) is 6. The standard InChI is InChI=1S/C22H36N10O4/c1-15-13-17(33)28-19(26-15)30-21(35)24-8-5-11-32(3,10-4-7-23)12-6-9-25-22(36)31-20-27-16(2)14-18(34)29-20/h13-14H,4-12,23H2,1-3H3,(H5-,24,25,26,27,28,29,30,31,33,34,35,36)/p+1. The number of carbonyl (C=O) groups is 2. The molecule has 0 aliphatic heterocycles. The third kappa shape index (κ3) is 10.7. The summed E-state index contributed by atoms with van der Waals surface area (Å²) in [4.78, 5) is 60.1. The molecule has 0 atom stereocenters. The van der Waals surface area contributed by atoms with Crippen LogP contribution >= 0.6 is 0 Å². The number of carbonyl (C=O) groups excluding carboxylic acids is 2. The van der Waals surface area contributed by atoms with Gasteiger partial charge in [0.25, 0.3) is 11.1 Å². The molecule has 2 heterocycles. The first kappa shape index (κ1) is 28.5. The maximum atomic E-state index is 12.1. The van der Waals surface area contributed by atoms with E-state index in [9.17, 15) is 19.2 Å². The minimum absolute atomic E-state index is 0.0992. The van der Waals surface area contributed by atoms with Crippen LogP contribution in [0.2, 0.25) is 0 Å². The predicted octanol–water partition coefficient (Wildman–Crippen LogP) is -0.0112. The van der Waals surface area contributed by atoms with E-state index in [0.717, 1.165) is 43.4 Å². The van der Waals surface area contributed by atoms with E-state index >= 15 is 0 Å². The Hall–Kier alpha value is -3.78. The smallest absolute Gasteiger partial charge is 0.321 e. The largest absolute Gasteiger partial charge is 0.338 e. The Bertz CT molecular complexity index is 1050. The Morgan fingerprint density at radius 3 is 1.64 bits per heavy atom. The summed E-state index contributed by atoms with van der Waals surface area (Å²) in [6.45, 7) is 7.37. The van der Waals surface area contributed by atoms with Crippen molar-refractivity contribution < 1.29 is 14.1 Å². The zero-order chi connectivity index (χ0) is 26.6. The van der Waals surface area contributed by atoms with Gasteiger partial charge in [-0.05, 0) is 20.4 Å². The minimum atomic E-state index is -0.445. The number of aromatic nitrogens is 4. The van der Waals surface area contributed by atoms with Crippen LogP contribution in [0.15, 0.2) is 21.7 Å². The number of aryl methyl sites for hydroxylation is 2. The summed E-state index contributed by atoms with van der Waals surface area (Å²) in [5.74, 6) is 0.198. The van der Waals surface area contributed by atoms with Crippen molar-refractivity contribution in [3.8, 4) is 0 Å². The van der Waals surface area contributed by atoms with Gasteiger partial charge in [0.05, 0.1) is 26.7 Å². The van der Waals surface area contributed by atoms with Gasteiger partial charge in [-0.25, -0.2) is 9.59 Å². The number of hydrogen-bond acceptors (Lipinski definition) is 7. The lowest BCUT2D eigenvalue weighted by Gasteiger charge is -2.35. The van der Waals surface area contributed by atoms with Crippen LogP contribution in [0.4, 0.5) is 21.5 Å². The maximum Gasteiger partial charge on any atom is 0.321 e. The highest BCUT2D eigenvalue weighted by molar-refractivity contribution is 5.87. The lowest BCUT2D eigenvalue weighted by atomic mass is 10.2. The van der Waals surface area contributed by atoms with Gasteiger partial charge in [-0.15, -0.1) is 0 Å². The number of aromatic amines is 2. The van der Waals surface area contributed by atoms with Crippen molar-refractivity contribution in [3.05, 3.63) is 44.2 Å². The molecule has 0 radical (unpaired) electrons. The van der Waals surface area contributed by atoms with E-state index in [0.29, 0.717) is 31.0 Å². The molecule has 0 bridgehead atoms. The first-order chi connectivity index (χ1) is 17.1. The van der Waals surface area contributed by atoms with Gasteiger partial charge in [0.15, 0.2) is 0 Å². The number of nitrogens with zero attached hydrogens (tertiary/aromatic N) is 3. The summed E-state index contributed by atoms with van der Waals surface area (Å²) in [7, 11) is 2.12. The molecule has 198 valence electrons. The van der Waals surface area contributed by atoms with E-state index in [1.165, 1.54) is 12.1 Å². The van der Waals surface area contributed by atoms with Crippen LogP contribution in [0.1, 0.15) is 30.7 Å². The normalized spacial score (nSPS) is 11.1. The molecular weight excluding hydrogens is 468 g/mol. The first-order valence-corrected chi connectivity index (χ1v) is 11.9. The lowest BCUT2D eigenvalue weighted by Crippen LogP contribution is -2.48. The fraction of sp³-hybridized carbons (Fsp3) is 0.545. The average molecular weight is 506 g/mol. The monoisotopic (exact) mass is 505 g/mol. The van der Waals surface area contributed by atoms with Gasteiger partial charge in [-0.1, -0.05) is 0 Å². The molecule has 0 spiro atoms. The molecule has 36 heavy (non-hydrogen) atoms. The summed E-state index contributed by atoms with van der Waals surface area (Å²) in [5.41, 5.74) is 6.06. The van der Waals surface area contributed by atoms with E-state index in [1.807, 2.05) is 0 Å². The van der Waals surface area contributed by atoms with Gasteiger partial charge in [0.2, 0.25) is 11.9 Å². The number of hydrogen-bond donors (Lipinski definition) is 7. The number of nitrogens with two attached hydrogens (primary N) is 1. The molecule has 0 saturated carbocycles. The van der Waals surface area contributed by atoms with Gasteiger partial charge in [0, 0.05) is 55.9 Å². The van der Waals surface area contributed by atoms with Crippen LogP contribution in [0, 0.1) is 13.8 Å². The zero-order valence-corrected chi connectivity index (χ0v) is 21.1. The highest BCUT2D eigenvalue weighted by atomic mass is 16.2. The first-order valence-electron chi connectivity index (χ1n) is 11.9. The number of H-pyrrole nitrogens is 2. The molecule has 0 aliphatic carbocycles. The summed E-state index contributed by atoms with van der Waals surface area (Å²) in [5, 5.41) is 10.6. The van der Waals surface area contributed by atoms with Crippen molar-refractivity contribution in [3.63, 3.8) is 0 Å². The van der Waals surface area contributed by atoms with Gasteiger partial charge in [-0.2, -0.15) is 9.97 Å². The molecule has 0 saturated heterocycles. The van der Waals surface area contributed by atoms with Gasteiger partial charge < -0.3 is 30.8 Å². The van der Waals surface area contributed by atoms with Crippen molar-refractivity contribution in [2.75, 3.05) is 56.9 Å². The van der Waals surface area contributed by atoms with Crippen LogP contribution in [0.25, 0.3) is 0 Å². The molecule has 0 fully saturated rings. The molecule has 2 aromatic heterocycles. The topological polar surface area (TPSA) is 200 Å². The summed E-state index contributed by atoms with van der Waals surface area (Å²) in [6.07, 6.45) is 2.32. The van der Waals surface area contributed by atoms with Crippen molar-refractivity contribution in [2.45, 2.75) is 33.1 Å². The van der Waals surface area contributed by atoms with Crippen LogP contribution in [0.5, 0.6) is 0 Å². The maximum absolute atomic E-state index is 12.1. The molecule has 14 heteroatoms. The quantitative estimate of drug-likeness (QED) is 0.146. The zero-order valence-electron chi connectivity index (χ0n) is 21.1. The second-order valence-corrected chi connectivity index (χ2v) is 8.90. The van der Waals surface area contributed by atoms with Gasteiger partial charge in [-0.3, -0.25) is 20.2 Å². The Balaban J connectivity index is 1.73. The average Bonchev–Trinajstić information content (AvgIpc) is 2.77. The Kier molecular flexibility index (Phi) is 11.0. The van der Waals surface area contributed by atoms with Crippen molar-refractivity contribution in [2.24, 2.45) is 5.73 Å². The van der Waals surface area contributed by atoms with E-state index < -0.39 is 23.2 Å². The van der Waals surface area contributed by atoms with Crippen LogP contribution in [-0.4, -0.2) is 82.8 Å². The van der Waals surface area contributed by atoms with Crippen LogP contribution in [0.3, 0.4) is 0 Å². The van der Waals surface area contributed by atoms with Crippen LogP contribution in [-0.2, 0) is 0 Å². The second kappa shape index (κ2) is 13.9. The van der Waals surface area contributed by atoms with Crippen molar-refractivity contribution in [1.82, 2.24) is 30.6 Å². The highest BCUT2D eigenvalue weighted by Gasteiger charge is 2.20. The molecule has 2 rings (SSSR count). The number of anilines is 2. The minimum Gasteiger partial charge on any atom is -0.338 e. The Labute approximate surface area is 209 Å². The summed E-state index contributed by atoms with van der Waals surface area (Å²) >= 11 is 0. The van der Waals surface area contributed by atoms with Gasteiger partial charge in [0.1, 0.15) is 0 Å². The lowest BCUT2D eigenvalue weighted by molar-refractivity contribution is -0.909. The highest BCUT2D eigenvalue weighted by Crippen LogP contribution is 2.07. The third-order valence-corrected chi connectivity index (χ3v) is 5.44. The van der Waals surface area contributed by atoms with E-state index in [-0.39, 0.29) is 11.9 Å².